The van der Waals surface area contributed by atoms with E-state index in [2.05, 4.69) is 39.0 Å². The monoisotopic (exact) mass is 659 g/mol. The molecule has 3 saturated heterocycles. The van der Waals surface area contributed by atoms with Crippen molar-refractivity contribution in [2.75, 3.05) is 69.1 Å². The van der Waals surface area contributed by atoms with Gasteiger partial charge in [-0.25, -0.2) is 13.8 Å². The van der Waals surface area contributed by atoms with Gasteiger partial charge in [-0.05, 0) is 55.6 Å². The minimum Gasteiger partial charge on any atom is -0.494 e. The van der Waals surface area contributed by atoms with E-state index >= 15 is 0 Å². The fourth-order valence-corrected chi connectivity index (χ4v) is 6.90. The summed E-state index contributed by atoms with van der Waals surface area (Å²) in [7, 11) is 3.70. The van der Waals surface area contributed by atoms with E-state index in [0.717, 1.165) is 44.0 Å². The van der Waals surface area contributed by atoms with E-state index < -0.39 is 17.2 Å². The number of rotatable bonds is 9. The molecule has 48 heavy (non-hydrogen) atoms. The second-order valence-electron chi connectivity index (χ2n) is 12.4. The summed E-state index contributed by atoms with van der Waals surface area (Å²) in [5.41, 5.74) is 1.66. The standard InChI is InChI=1S/C34H35F2N7O5/c1-4-31(44)38-25-11-26(29(46-3)12-27(25)42-16-20-14-41(2)15-21(20)17-42)39-34-37-13-19-9-30(48-28-6-5-22(35)10-24(28)36)33(45)43(32(19)40-34)23-7-8-47-18-23/h4-6,9-13,20-21,23H,1,7-8,14-18H2,2-3H3,(H,38,44)(H,37,39,40)/t20-,21+,23?. The van der Waals surface area contributed by atoms with Gasteiger partial charge in [0.2, 0.25) is 11.9 Å². The zero-order chi connectivity index (χ0) is 33.5. The van der Waals surface area contributed by atoms with E-state index in [1.165, 1.54) is 22.9 Å². The zero-order valence-corrected chi connectivity index (χ0v) is 26.5. The predicted octanol–water partition coefficient (Wildman–Crippen LogP) is 4.70. The topological polar surface area (TPSA) is 123 Å². The first-order valence-corrected chi connectivity index (χ1v) is 15.7. The molecule has 3 fully saturated rings. The van der Waals surface area contributed by atoms with Crippen LogP contribution in [-0.4, -0.2) is 78.9 Å². The van der Waals surface area contributed by atoms with E-state index in [0.29, 0.717) is 59.1 Å². The molecule has 3 atom stereocenters. The molecular weight excluding hydrogens is 624 g/mol. The maximum atomic E-state index is 14.4. The molecule has 14 heteroatoms. The van der Waals surface area contributed by atoms with Gasteiger partial charge in [0.1, 0.15) is 17.2 Å². The molecule has 12 nitrogen and oxygen atoms in total. The summed E-state index contributed by atoms with van der Waals surface area (Å²) >= 11 is 0. The van der Waals surface area contributed by atoms with E-state index in [-0.39, 0.29) is 36.0 Å². The number of ether oxygens (including phenoxy) is 3. The molecule has 0 bridgehead atoms. The van der Waals surface area contributed by atoms with Gasteiger partial charge < -0.3 is 34.6 Å². The SMILES string of the molecule is C=CC(=O)Nc1cc(Nc2ncc3cc(Oc4ccc(F)cc4F)c(=O)n(C4CCOC4)c3n2)c(OC)cc1N1C[C@H]2CN(C)C[C@H]2C1. The molecule has 2 aromatic heterocycles. The number of aromatic nitrogens is 3. The van der Waals surface area contributed by atoms with Gasteiger partial charge in [-0.15, -0.1) is 0 Å². The third-order valence-corrected chi connectivity index (χ3v) is 9.14. The first-order chi connectivity index (χ1) is 23.2. The smallest absolute Gasteiger partial charge is 0.295 e. The van der Waals surface area contributed by atoms with E-state index in [1.807, 2.05) is 6.07 Å². The van der Waals surface area contributed by atoms with Gasteiger partial charge in [0.05, 0.1) is 36.8 Å². The Morgan fingerprint density at radius 3 is 2.54 bits per heavy atom. The van der Waals surface area contributed by atoms with Crippen LogP contribution in [0.25, 0.3) is 11.0 Å². The van der Waals surface area contributed by atoms with Crippen LogP contribution in [0.3, 0.4) is 0 Å². The molecule has 2 aromatic carbocycles. The average Bonchev–Trinajstić information content (AvgIpc) is 3.80. The van der Waals surface area contributed by atoms with Gasteiger partial charge in [-0.1, -0.05) is 6.58 Å². The van der Waals surface area contributed by atoms with Crippen molar-refractivity contribution < 1.29 is 27.8 Å². The summed E-state index contributed by atoms with van der Waals surface area (Å²) in [6, 6.07) is 7.58. The molecule has 4 aromatic rings. The molecule has 3 aliphatic rings. The van der Waals surface area contributed by atoms with Crippen molar-refractivity contribution in [2.45, 2.75) is 12.5 Å². The quantitative estimate of drug-likeness (QED) is 0.245. The highest BCUT2D eigenvalue weighted by atomic mass is 19.1. The zero-order valence-electron chi connectivity index (χ0n) is 26.5. The lowest BCUT2D eigenvalue weighted by molar-refractivity contribution is -0.111. The molecule has 1 unspecified atom stereocenters. The summed E-state index contributed by atoms with van der Waals surface area (Å²) in [6.45, 7) is 8.10. The Labute approximate surface area is 274 Å². The number of amides is 1. The largest absolute Gasteiger partial charge is 0.494 e. The van der Waals surface area contributed by atoms with Gasteiger partial charge >= 0.3 is 0 Å². The van der Waals surface area contributed by atoms with Crippen LogP contribution in [0, 0.1) is 23.5 Å². The van der Waals surface area contributed by atoms with Crippen LogP contribution in [0.15, 0.2) is 60.0 Å². The molecular formula is C34H35F2N7O5. The average molecular weight is 660 g/mol. The fourth-order valence-electron chi connectivity index (χ4n) is 6.90. The van der Waals surface area contributed by atoms with Crippen molar-refractivity contribution in [1.29, 1.82) is 0 Å². The minimum atomic E-state index is -0.940. The molecule has 250 valence electrons. The maximum Gasteiger partial charge on any atom is 0.295 e. The van der Waals surface area contributed by atoms with Gasteiger partial charge in [-0.2, -0.15) is 4.98 Å². The molecule has 0 saturated carbocycles. The van der Waals surface area contributed by atoms with Crippen LogP contribution >= 0.6 is 0 Å². The third-order valence-electron chi connectivity index (χ3n) is 9.14. The van der Waals surface area contributed by atoms with E-state index in [9.17, 15) is 18.4 Å². The van der Waals surface area contributed by atoms with E-state index in [4.69, 9.17) is 19.2 Å². The maximum absolute atomic E-state index is 14.4. The highest BCUT2D eigenvalue weighted by Gasteiger charge is 2.39. The Morgan fingerprint density at radius 2 is 1.85 bits per heavy atom. The fraction of sp³-hybridized carbons (Fsp3) is 0.353. The van der Waals surface area contributed by atoms with Gasteiger partial charge in [0.15, 0.2) is 17.3 Å². The molecule has 7 rings (SSSR count). The van der Waals surface area contributed by atoms with Crippen molar-refractivity contribution in [1.82, 2.24) is 19.4 Å². The van der Waals surface area contributed by atoms with Crippen molar-refractivity contribution in [2.24, 2.45) is 11.8 Å². The van der Waals surface area contributed by atoms with E-state index in [1.54, 1.807) is 13.2 Å². The number of carbonyl (C=O) groups is 1. The van der Waals surface area contributed by atoms with Crippen LogP contribution in [-0.2, 0) is 9.53 Å². The number of carbonyl (C=O) groups excluding carboxylic acids is 1. The molecule has 0 spiro atoms. The number of likely N-dealkylation sites (tertiary alicyclic amines) is 1. The summed E-state index contributed by atoms with van der Waals surface area (Å²) in [5, 5.41) is 6.60. The summed E-state index contributed by atoms with van der Waals surface area (Å²) < 4.78 is 46.4. The summed E-state index contributed by atoms with van der Waals surface area (Å²) in [6.07, 6.45) is 3.29. The number of nitrogens with one attached hydrogen (secondary N) is 2. The number of halogens is 2. The van der Waals surface area contributed by atoms with Gasteiger partial charge in [-0.3, -0.25) is 14.2 Å². The minimum absolute atomic E-state index is 0.165. The molecule has 2 N–H and O–H groups in total. The van der Waals surface area contributed by atoms with Crippen molar-refractivity contribution >= 4 is 40.0 Å². The Kier molecular flexibility index (Phi) is 8.43. The number of hydrogen-bond acceptors (Lipinski definition) is 10. The Balaban J connectivity index is 1.25. The van der Waals surface area contributed by atoms with Crippen LogP contribution in [0.1, 0.15) is 12.5 Å². The number of hydrogen-bond donors (Lipinski definition) is 2. The van der Waals surface area contributed by atoms with Crippen molar-refractivity contribution in [3.8, 4) is 17.2 Å². The number of anilines is 4. The predicted molar refractivity (Wildman–Crippen MR) is 176 cm³/mol. The van der Waals surface area contributed by atoms with Crippen LogP contribution in [0.4, 0.5) is 31.8 Å². The van der Waals surface area contributed by atoms with Gasteiger partial charge in [0.25, 0.3) is 5.56 Å². The van der Waals surface area contributed by atoms with Crippen molar-refractivity contribution in [3.63, 3.8) is 0 Å². The van der Waals surface area contributed by atoms with Crippen LogP contribution < -0.4 is 30.6 Å². The second-order valence-corrected chi connectivity index (χ2v) is 12.4. The van der Waals surface area contributed by atoms with Gasteiger partial charge in [0, 0.05) is 56.5 Å². The molecule has 5 heterocycles. The lowest BCUT2D eigenvalue weighted by atomic mass is 10.0. The Hall–Kier alpha value is -5.08. The first kappa shape index (κ1) is 31.5. The lowest BCUT2D eigenvalue weighted by Gasteiger charge is -2.26. The highest BCUT2D eigenvalue weighted by molar-refractivity contribution is 6.02. The third kappa shape index (κ3) is 6.04. The first-order valence-electron chi connectivity index (χ1n) is 15.7. The Morgan fingerprint density at radius 1 is 1.06 bits per heavy atom. The molecule has 0 radical (unpaired) electrons. The molecule has 3 aliphatic heterocycles. The van der Waals surface area contributed by atoms with Crippen molar-refractivity contribution in [3.05, 3.63) is 77.2 Å². The second kappa shape index (κ2) is 12.8. The molecule has 1 amide bonds. The summed E-state index contributed by atoms with van der Waals surface area (Å²) in [5.74, 6) is -0.764. The normalized spacial score (nSPS) is 20.6. The number of methoxy groups -OCH3 is 1. The number of pyridine rings is 1. The Bertz CT molecular complexity index is 1950. The number of fused-ring (bicyclic) bond motifs is 2. The number of nitrogens with zero attached hydrogens (tertiary/aromatic N) is 5. The van der Waals surface area contributed by atoms with Crippen LogP contribution in [0.5, 0.6) is 17.2 Å². The highest BCUT2D eigenvalue weighted by Crippen LogP contribution is 2.42. The van der Waals surface area contributed by atoms with Crippen LogP contribution in [0.2, 0.25) is 0 Å². The number of benzene rings is 2. The lowest BCUT2D eigenvalue weighted by Crippen LogP contribution is -2.27. The molecule has 0 aliphatic carbocycles. The summed E-state index contributed by atoms with van der Waals surface area (Å²) in [4.78, 5) is 40.1.